The normalized spacial score (nSPS) is 24.0. The van der Waals surface area contributed by atoms with E-state index in [0.717, 1.165) is 44.4 Å². The maximum atomic E-state index is 5.42. The fourth-order valence-electron chi connectivity index (χ4n) is 1.24. The van der Waals surface area contributed by atoms with Crippen LogP contribution in [0.3, 0.4) is 0 Å². The van der Waals surface area contributed by atoms with E-state index in [9.17, 15) is 0 Å². The molecule has 1 aliphatic rings. The van der Waals surface area contributed by atoms with Gasteiger partial charge in [0.25, 0.3) is 0 Å². The fourth-order valence-corrected chi connectivity index (χ4v) is 1.92. The van der Waals surface area contributed by atoms with Gasteiger partial charge in [-0.15, -0.1) is 0 Å². The Hall–Kier alpha value is 0.190. The van der Waals surface area contributed by atoms with Crippen molar-refractivity contribution in [1.82, 2.24) is 0 Å². The van der Waals surface area contributed by atoms with E-state index in [0.29, 0.717) is 26.4 Å². The van der Waals surface area contributed by atoms with Crippen LogP contribution in [0.4, 0.5) is 0 Å². The fraction of sp³-hybridized carbons (Fsp3) is 1.00. The highest BCUT2D eigenvalue weighted by molar-refractivity contribution is 7.99. The molecule has 0 atom stereocenters. The predicted octanol–water partition coefficient (Wildman–Crippen LogP) is 1.19. The largest absolute Gasteiger partial charge is 0.379 e. The first-order chi connectivity index (χ1) is 8.00. The number of hydrogen-bond donors (Lipinski definition) is 0. The number of hydrogen-bond acceptors (Lipinski definition) is 5. The molecule has 1 aliphatic heterocycles. The molecular weight excluding hydrogens is 228 g/mol. The van der Waals surface area contributed by atoms with E-state index in [2.05, 4.69) is 0 Å². The molecule has 0 N–H and O–H groups in total. The van der Waals surface area contributed by atoms with Crippen molar-refractivity contribution in [2.24, 2.45) is 0 Å². The van der Waals surface area contributed by atoms with Gasteiger partial charge in [-0.3, -0.25) is 0 Å². The summed E-state index contributed by atoms with van der Waals surface area (Å²) in [5.74, 6) is 2.06. The zero-order chi connectivity index (χ0) is 11.3. The van der Waals surface area contributed by atoms with Gasteiger partial charge in [-0.2, -0.15) is 11.8 Å². The van der Waals surface area contributed by atoms with Crippen LogP contribution in [0.1, 0.15) is 6.42 Å². The molecule has 0 aliphatic carbocycles. The van der Waals surface area contributed by atoms with Gasteiger partial charge in [-0.05, 0) is 6.42 Å². The van der Waals surface area contributed by atoms with Crippen LogP contribution in [0.25, 0.3) is 0 Å². The van der Waals surface area contributed by atoms with Crippen LogP contribution in [-0.4, -0.2) is 64.4 Å². The first kappa shape index (κ1) is 14.3. The first-order valence-electron chi connectivity index (χ1n) is 5.89. The lowest BCUT2D eigenvalue weighted by Gasteiger charge is -2.08. The molecule has 0 radical (unpaired) electrons. The van der Waals surface area contributed by atoms with Crippen molar-refractivity contribution in [3.8, 4) is 0 Å². The highest BCUT2D eigenvalue weighted by Gasteiger charge is 1.95. The Balaban J connectivity index is 2.00. The number of ether oxygens (including phenoxy) is 4. The molecule has 1 fully saturated rings. The summed E-state index contributed by atoms with van der Waals surface area (Å²) in [6.07, 6.45) is 0.940. The first-order valence-corrected chi connectivity index (χ1v) is 7.04. The van der Waals surface area contributed by atoms with Crippen LogP contribution < -0.4 is 0 Å². The van der Waals surface area contributed by atoms with Crippen LogP contribution in [-0.2, 0) is 18.9 Å². The summed E-state index contributed by atoms with van der Waals surface area (Å²) in [5.41, 5.74) is 0. The molecule has 0 aromatic carbocycles. The van der Waals surface area contributed by atoms with Gasteiger partial charge in [0.15, 0.2) is 0 Å². The van der Waals surface area contributed by atoms with E-state index in [1.165, 1.54) is 0 Å². The standard InChI is InChI=1S/C11H22O4S/c1-2-12-4-6-14-8-10-16-11-9-15-7-5-13-3-1/h1-11H2. The van der Waals surface area contributed by atoms with Crippen LogP contribution in [0, 0.1) is 0 Å². The Kier molecular flexibility index (Phi) is 10.4. The average Bonchev–Trinajstić information content (AvgIpc) is 2.29. The third-order valence-corrected chi connectivity index (χ3v) is 2.98. The maximum Gasteiger partial charge on any atom is 0.0700 e. The summed E-state index contributed by atoms with van der Waals surface area (Å²) in [4.78, 5) is 0. The van der Waals surface area contributed by atoms with E-state index < -0.39 is 0 Å². The van der Waals surface area contributed by atoms with E-state index in [1.54, 1.807) is 0 Å². The Morgan fingerprint density at radius 1 is 0.500 bits per heavy atom. The Labute approximate surface area is 102 Å². The summed E-state index contributed by atoms with van der Waals surface area (Å²) < 4.78 is 21.6. The summed E-state index contributed by atoms with van der Waals surface area (Å²) in [5, 5.41) is 0. The van der Waals surface area contributed by atoms with E-state index in [-0.39, 0.29) is 0 Å². The average molecular weight is 250 g/mol. The van der Waals surface area contributed by atoms with Gasteiger partial charge in [0.1, 0.15) is 0 Å². The molecule has 96 valence electrons. The van der Waals surface area contributed by atoms with Crippen molar-refractivity contribution < 1.29 is 18.9 Å². The third kappa shape index (κ3) is 9.42. The minimum atomic E-state index is 0.688. The minimum absolute atomic E-state index is 0.688. The van der Waals surface area contributed by atoms with Gasteiger partial charge in [0.2, 0.25) is 0 Å². The molecule has 1 saturated heterocycles. The number of thioether (sulfide) groups is 1. The van der Waals surface area contributed by atoms with Gasteiger partial charge in [0.05, 0.1) is 39.6 Å². The molecule has 0 saturated carbocycles. The lowest BCUT2D eigenvalue weighted by atomic mass is 10.5. The van der Waals surface area contributed by atoms with E-state index >= 15 is 0 Å². The van der Waals surface area contributed by atoms with Crippen molar-refractivity contribution in [2.75, 3.05) is 64.4 Å². The lowest BCUT2D eigenvalue weighted by Crippen LogP contribution is -2.12. The summed E-state index contributed by atoms with van der Waals surface area (Å²) in [7, 11) is 0. The van der Waals surface area contributed by atoms with E-state index in [4.69, 9.17) is 18.9 Å². The van der Waals surface area contributed by atoms with Crippen LogP contribution in [0.5, 0.6) is 0 Å². The maximum absolute atomic E-state index is 5.42. The van der Waals surface area contributed by atoms with Crippen LogP contribution >= 0.6 is 11.8 Å². The topological polar surface area (TPSA) is 36.9 Å². The molecule has 1 rings (SSSR count). The Morgan fingerprint density at radius 2 is 0.938 bits per heavy atom. The molecule has 0 unspecified atom stereocenters. The van der Waals surface area contributed by atoms with Gasteiger partial charge in [0, 0.05) is 24.7 Å². The smallest absolute Gasteiger partial charge is 0.0700 e. The molecule has 0 bridgehead atoms. The Morgan fingerprint density at radius 3 is 1.44 bits per heavy atom. The van der Waals surface area contributed by atoms with Crippen molar-refractivity contribution in [3.05, 3.63) is 0 Å². The van der Waals surface area contributed by atoms with Crippen LogP contribution in [0.2, 0.25) is 0 Å². The third-order valence-electron chi connectivity index (χ3n) is 2.07. The second kappa shape index (κ2) is 11.7. The Bertz CT molecular complexity index is 81.9. The van der Waals surface area contributed by atoms with Gasteiger partial charge < -0.3 is 18.9 Å². The second-order valence-corrected chi connectivity index (χ2v) is 4.64. The highest BCUT2D eigenvalue weighted by atomic mass is 32.2. The van der Waals surface area contributed by atoms with Crippen molar-refractivity contribution in [2.45, 2.75) is 6.42 Å². The summed E-state index contributed by atoms with van der Waals surface area (Å²) in [6.45, 7) is 5.86. The van der Waals surface area contributed by atoms with E-state index in [1.807, 2.05) is 11.8 Å². The molecule has 0 aromatic heterocycles. The monoisotopic (exact) mass is 250 g/mol. The van der Waals surface area contributed by atoms with Gasteiger partial charge in [-0.1, -0.05) is 0 Å². The molecule has 16 heavy (non-hydrogen) atoms. The molecule has 0 spiro atoms. The lowest BCUT2D eigenvalue weighted by molar-refractivity contribution is 0.0253. The van der Waals surface area contributed by atoms with Crippen molar-refractivity contribution in [1.29, 1.82) is 0 Å². The van der Waals surface area contributed by atoms with Crippen molar-refractivity contribution in [3.63, 3.8) is 0 Å². The predicted molar refractivity (Wildman–Crippen MR) is 65.2 cm³/mol. The molecular formula is C11H22O4S. The SMILES string of the molecule is C1COCCOCCSCCOCCOC1. The number of rotatable bonds is 0. The quantitative estimate of drug-likeness (QED) is 0.645. The molecule has 4 nitrogen and oxygen atoms in total. The summed E-state index contributed by atoms with van der Waals surface area (Å²) in [6, 6.07) is 0. The van der Waals surface area contributed by atoms with Crippen molar-refractivity contribution >= 4 is 11.8 Å². The zero-order valence-corrected chi connectivity index (χ0v) is 10.6. The minimum Gasteiger partial charge on any atom is -0.379 e. The second-order valence-electron chi connectivity index (χ2n) is 3.42. The molecule has 0 aromatic rings. The summed E-state index contributed by atoms with van der Waals surface area (Å²) >= 11 is 1.86. The van der Waals surface area contributed by atoms with Gasteiger partial charge in [-0.25, -0.2) is 0 Å². The highest BCUT2D eigenvalue weighted by Crippen LogP contribution is 1.99. The zero-order valence-electron chi connectivity index (χ0n) is 9.82. The van der Waals surface area contributed by atoms with Gasteiger partial charge >= 0.3 is 0 Å². The molecule has 5 heteroatoms. The van der Waals surface area contributed by atoms with Crippen LogP contribution in [0.15, 0.2) is 0 Å². The molecule has 0 amide bonds. The molecule has 1 heterocycles.